The standard InChI is InChI=1S/C23H26F3N5O2S2/c1-23(2,3)21-30-18(19(34-21)16-10-11-28-22(27)29-16)12-6-4-9-15(17(12)26)31-35(32,33)20-13(24)7-5-8-14(20)25/h4,6,9-11,13-14,20,31H,5,7-8H2,1-3H3,(H2,27,28,29)/i5D2,7D2,8D2,13D,14D,20D. The second-order valence-electron chi connectivity index (χ2n) is 8.35. The van der Waals surface area contributed by atoms with E-state index in [1.165, 1.54) is 23.1 Å². The van der Waals surface area contributed by atoms with Crippen LogP contribution < -0.4 is 10.5 Å². The molecule has 0 saturated heterocycles. The second-order valence-corrected chi connectivity index (χ2v) is 11.0. The molecule has 3 aromatic rings. The monoisotopic (exact) mass is 534 g/mol. The van der Waals surface area contributed by atoms with Gasteiger partial charge in [-0.05, 0) is 37.3 Å². The van der Waals surface area contributed by atoms with E-state index in [0.29, 0.717) is 5.01 Å². The van der Waals surface area contributed by atoms with Gasteiger partial charge < -0.3 is 5.73 Å². The highest BCUT2D eigenvalue weighted by atomic mass is 32.2. The molecule has 2 atom stereocenters. The number of rotatable bonds is 5. The summed E-state index contributed by atoms with van der Waals surface area (Å²) in [5, 5.41) is -4.55. The number of sulfonamides is 1. The van der Waals surface area contributed by atoms with Gasteiger partial charge in [0, 0.05) is 25.4 Å². The van der Waals surface area contributed by atoms with E-state index in [4.69, 9.17) is 18.1 Å². The Morgan fingerprint density at radius 3 is 2.51 bits per heavy atom. The SMILES string of the molecule is [2H]C1([2H])C([2H])([2H])C([2H])(F)C([2H])(S(=O)(=O)Nc2cccc(-c3nc(C(C)(C)C)sc3-c3ccnc(N)n3)c2F)C([2H])(F)C1([2H])[2H]. The predicted molar refractivity (Wildman–Crippen MR) is 132 cm³/mol. The summed E-state index contributed by atoms with van der Waals surface area (Å²) in [6.07, 6.45) is -22.3. The fraction of sp³-hybridized carbons (Fsp3) is 0.435. The lowest BCUT2D eigenvalue weighted by molar-refractivity contribution is 0.163. The number of anilines is 2. The van der Waals surface area contributed by atoms with Crippen molar-refractivity contribution in [1.82, 2.24) is 15.0 Å². The van der Waals surface area contributed by atoms with Gasteiger partial charge in [0.25, 0.3) is 0 Å². The molecule has 1 fully saturated rings. The van der Waals surface area contributed by atoms with Gasteiger partial charge in [0.2, 0.25) is 16.0 Å². The van der Waals surface area contributed by atoms with Crippen molar-refractivity contribution in [2.75, 3.05) is 10.5 Å². The van der Waals surface area contributed by atoms with Crippen molar-refractivity contribution in [3.63, 3.8) is 0 Å². The normalized spacial score (nSPS) is 35.5. The molecule has 35 heavy (non-hydrogen) atoms. The fourth-order valence-corrected chi connectivity index (χ4v) is 5.30. The molecule has 0 bridgehead atoms. The number of alkyl halides is 2. The zero-order valence-electron chi connectivity index (χ0n) is 27.6. The fourth-order valence-electron chi connectivity index (χ4n) is 3.07. The Morgan fingerprint density at radius 1 is 1.20 bits per heavy atom. The van der Waals surface area contributed by atoms with Crippen LogP contribution in [0.3, 0.4) is 0 Å². The average Bonchev–Trinajstić information content (AvgIpc) is 3.34. The molecule has 1 aromatic carbocycles. The quantitative estimate of drug-likeness (QED) is 0.462. The van der Waals surface area contributed by atoms with Gasteiger partial charge in [-0.15, -0.1) is 11.3 Å². The van der Waals surface area contributed by atoms with Gasteiger partial charge in [-0.1, -0.05) is 26.8 Å². The van der Waals surface area contributed by atoms with Crippen LogP contribution >= 0.6 is 11.3 Å². The highest BCUT2D eigenvalue weighted by Crippen LogP contribution is 2.42. The van der Waals surface area contributed by atoms with Crippen LogP contribution in [0.1, 0.15) is 57.2 Å². The zero-order chi connectivity index (χ0) is 33.7. The number of hydrogen-bond donors (Lipinski definition) is 2. The molecule has 12 heteroatoms. The molecule has 0 spiro atoms. The van der Waals surface area contributed by atoms with Gasteiger partial charge in [0.15, 0.2) is 5.82 Å². The van der Waals surface area contributed by atoms with E-state index in [2.05, 4.69) is 15.0 Å². The maximum atomic E-state index is 16.1. The van der Waals surface area contributed by atoms with Gasteiger partial charge in [0.05, 0.1) is 31.1 Å². The minimum atomic E-state index is -6.30. The molecule has 2 aromatic heterocycles. The van der Waals surface area contributed by atoms with E-state index in [0.717, 1.165) is 23.5 Å². The minimum absolute atomic E-state index is 0.0589. The van der Waals surface area contributed by atoms with E-state index >= 15 is 13.2 Å². The third-order valence-corrected chi connectivity index (χ3v) is 7.57. The number of aromatic nitrogens is 3. The van der Waals surface area contributed by atoms with Crippen LogP contribution in [-0.4, -0.2) is 40.9 Å². The molecule has 4 rings (SSSR count). The number of hydrogen-bond acceptors (Lipinski definition) is 7. The lowest BCUT2D eigenvalue weighted by Gasteiger charge is -2.29. The van der Waals surface area contributed by atoms with Crippen molar-refractivity contribution in [1.29, 1.82) is 0 Å². The molecule has 188 valence electrons. The Balaban J connectivity index is 1.91. The molecule has 1 saturated carbocycles. The highest BCUT2D eigenvalue weighted by Gasteiger charge is 2.43. The predicted octanol–water partition coefficient (Wildman–Crippen LogP) is 5.26. The Hall–Kier alpha value is -2.73. The summed E-state index contributed by atoms with van der Waals surface area (Å²) in [5.41, 5.74) is 3.86. The number of nitrogens with one attached hydrogen (secondary N) is 1. The van der Waals surface area contributed by atoms with Crippen molar-refractivity contribution < 1.29 is 33.9 Å². The summed E-state index contributed by atoms with van der Waals surface area (Å²) in [6.45, 7) is 5.46. The molecular weight excluding hydrogens is 499 g/mol. The number of nitrogens with zero attached hydrogens (tertiary/aromatic N) is 3. The number of benzene rings is 1. The van der Waals surface area contributed by atoms with Crippen LogP contribution in [0.15, 0.2) is 30.5 Å². The van der Waals surface area contributed by atoms with E-state index in [9.17, 15) is 8.42 Å². The van der Waals surface area contributed by atoms with Crippen molar-refractivity contribution in [3.05, 3.63) is 41.3 Å². The van der Waals surface area contributed by atoms with Gasteiger partial charge in [-0.3, -0.25) is 4.72 Å². The van der Waals surface area contributed by atoms with Gasteiger partial charge >= 0.3 is 0 Å². The first-order chi connectivity index (χ1) is 19.7. The molecule has 1 aliphatic carbocycles. The van der Waals surface area contributed by atoms with Crippen LogP contribution in [0.4, 0.5) is 24.8 Å². The van der Waals surface area contributed by atoms with E-state index < -0.39 is 63.6 Å². The van der Waals surface area contributed by atoms with Crippen LogP contribution in [-0.2, 0) is 15.4 Å². The van der Waals surface area contributed by atoms with Crippen molar-refractivity contribution in [2.45, 2.75) is 62.8 Å². The number of nitrogen functional groups attached to an aromatic ring is 1. The van der Waals surface area contributed by atoms with E-state index in [1.807, 2.05) is 20.8 Å². The highest BCUT2D eigenvalue weighted by molar-refractivity contribution is 7.93. The summed E-state index contributed by atoms with van der Waals surface area (Å²) in [6, 6.07) is 4.51. The molecule has 3 N–H and O–H groups in total. The Morgan fingerprint density at radius 2 is 1.89 bits per heavy atom. The Bertz CT molecular complexity index is 1720. The van der Waals surface area contributed by atoms with Gasteiger partial charge in [-0.2, -0.15) is 0 Å². The average molecular weight is 535 g/mol. The number of halogens is 3. The second kappa shape index (κ2) is 9.38. The van der Waals surface area contributed by atoms with Crippen molar-refractivity contribution >= 4 is 33.0 Å². The van der Waals surface area contributed by atoms with Crippen LogP contribution in [0.25, 0.3) is 21.8 Å². The van der Waals surface area contributed by atoms with Crippen LogP contribution in [0.5, 0.6) is 0 Å². The van der Waals surface area contributed by atoms with E-state index in [-0.39, 0.29) is 27.8 Å². The van der Waals surface area contributed by atoms with Crippen molar-refractivity contribution in [2.24, 2.45) is 0 Å². The maximum absolute atomic E-state index is 16.1. The summed E-state index contributed by atoms with van der Waals surface area (Å²) < 4.78 is 146. The molecule has 7 nitrogen and oxygen atoms in total. The first-order valence-electron chi connectivity index (χ1n) is 14.5. The molecule has 1 aliphatic rings. The largest absolute Gasteiger partial charge is 0.368 e. The topological polar surface area (TPSA) is 111 Å². The van der Waals surface area contributed by atoms with Crippen LogP contribution in [0, 0.1) is 5.82 Å². The number of nitrogens with two attached hydrogens (primary N) is 1. The summed E-state index contributed by atoms with van der Waals surface area (Å²) in [5.74, 6) is -1.52. The van der Waals surface area contributed by atoms with E-state index in [1.54, 1.807) is 0 Å². The lowest BCUT2D eigenvalue weighted by Crippen LogP contribution is -2.45. The summed E-state index contributed by atoms with van der Waals surface area (Å²) in [4.78, 5) is 12.7. The van der Waals surface area contributed by atoms with Crippen molar-refractivity contribution in [3.8, 4) is 21.8 Å². The van der Waals surface area contributed by atoms with Gasteiger partial charge in [-0.25, -0.2) is 36.5 Å². The zero-order valence-corrected chi connectivity index (χ0v) is 20.2. The Labute approximate surface area is 218 Å². The third-order valence-electron chi connectivity index (χ3n) is 4.69. The van der Waals surface area contributed by atoms with Crippen LogP contribution in [0.2, 0.25) is 0 Å². The number of thiazole rings is 1. The molecule has 0 amide bonds. The molecular formula is C23H26F3N5O2S2. The smallest absolute Gasteiger partial charge is 0.241 e. The third kappa shape index (κ3) is 5.13. The molecule has 2 heterocycles. The lowest BCUT2D eigenvalue weighted by atomic mass is 9.97. The maximum Gasteiger partial charge on any atom is 0.241 e. The first-order valence-corrected chi connectivity index (χ1v) is 12.3. The summed E-state index contributed by atoms with van der Waals surface area (Å²) >= 11 is 1.11. The molecule has 0 radical (unpaired) electrons. The first kappa shape index (κ1) is 16.1. The molecule has 2 unspecified atom stereocenters. The minimum Gasteiger partial charge on any atom is -0.368 e. The van der Waals surface area contributed by atoms with Gasteiger partial charge in [0.1, 0.15) is 17.5 Å². The Kier molecular flexibility index (Phi) is 4.31. The summed E-state index contributed by atoms with van der Waals surface area (Å²) in [7, 11) is -6.30. The molecule has 0 aliphatic heterocycles.